The molecule has 1 saturated carbocycles. The molecule has 2 fully saturated rings. The summed E-state index contributed by atoms with van der Waals surface area (Å²) >= 11 is 0. The maximum absolute atomic E-state index is 5.93. The van der Waals surface area contributed by atoms with Crippen molar-refractivity contribution in [2.75, 3.05) is 19.6 Å². The molecule has 2 atom stereocenters. The van der Waals surface area contributed by atoms with E-state index in [-0.39, 0.29) is 0 Å². The predicted molar refractivity (Wildman–Crippen MR) is 66.5 cm³/mol. The lowest BCUT2D eigenvalue weighted by Crippen LogP contribution is -2.35. The van der Waals surface area contributed by atoms with E-state index in [9.17, 15) is 0 Å². The Morgan fingerprint density at radius 1 is 1.19 bits per heavy atom. The van der Waals surface area contributed by atoms with Gasteiger partial charge in [-0.05, 0) is 38.6 Å². The highest BCUT2D eigenvalue weighted by Gasteiger charge is 2.32. The molecule has 0 aromatic heterocycles. The Balaban J connectivity index is 1.72. The van der Waals surface area contributed by atoms with Crippen molar-refractivity contribution in [3.8, 4) is 0 Å². The van der Waals surface area contributed by atoms with Crippen molar-refractivity contribution in [2.24, 2.45) is 5.73 Å². The molecule has 1 aliphatic heterocycles. The lowest BCUT2D eigenvalue weighted by Gasteiger charge is -2.25. The molecule has 2 unspecified atom stereocenters. The maximum Gasteiger partial charge on any atom is 0.0707 e. The van der Waals surface area contributed by atoms with Crippen LogP contribution in [0.5, 0.6) is 0 Å². The smallest absolute Gasteiger partial charge is 0.0707 e. The van der Waals surface area contributed by atoms with E-state index in [4.69, 9.17) is 10.5 Å². The summed E-state index contributed by atoms with van der Waals surface area (Å²) in [5.41, 5.74) is 5.64. The van der Waals surface area contributed by atoms with Gasteiger partial charge in [0, 0.05) is 19.1 Å². The lowest BCUT2D eigenvalue weighted by molar-refractivity contribution is 0.0250. The summed E-state index contributed by atoms with van der Waals surface area (Å²) in [4.78, 5) is 2.65. The summed E-state index contributed by atoms with van der Waals surface area (Å²) < 4.78 is 5.93. The van der Waals surface area contributed by atoms with Crippen molar-refractivity contribution < 1.29 is 4.74 Å². The standard InChI is InChI=1S/C13H26N2O/c1-2-3-8-15(11-4-5-11)10-13-7-6-12(9-14)16-13/h11-13H,2-10,14H2,1H3. The van der Waals surface area contributed by atoms with Crippen LogP contribution < -0.4 is 5.73 Å². The number of hydrogen-bond donors (Lipinski definition) is 1. The number of ether oxygens (including phenoxy) is 1. The van der Waals surface area contributed by atoms with E-state index < -0.39 is 0 Å². The molecule has 1 saturated heterocycles. The predicted octanol–water partition coefficient (Wildman–Crippen LogP) is 1.76. The summed E-state index contributed by atoms with van der Waals surface area (Å²) in [7, 11) is 0. The monoisotopic (exact) mass is 226 g/mol. The van der Waals surface area contributed by atoms with Gasteiger partial charge in [-0.25, -0.2) is 0 Å². The van der Waals surface area contributed by atoms with Gasteiger partial charge in [0.2, 0.25) is 0 Å². The number of unbranched alkanes of at least 4 members (excludes halogenated alkanes) is 1. The molecule has 0 radical (unpaired) electrons. The summed E-state index contributed by atoms with van der Waals surface area (Å²) in [6.45, 7) is 5.35. The van der Waals surface area contributed by atoms with Crippen molar-refractivity contribution in [3.63, 3.8) is 0 Å². The molecule has 0 aromatic carbocycles. The molecule has 0 spiro atoms. The van der Waals surface area contributed by atoms with E-state index in [0.29, 0.717) is 18.8 Å². The Morgan fingerprint density at radius 2 is 1.94 bits per heavy atom. The van der Waals surface area contributed by atoms with Gasteiger partial charge >= 0.3 is 0 Å². The summed E-state index contributed by atoms with van der Waals surface area (Å²) in [5.74, 6) is 0. The molecule has 1 aliphatic carbocycles. The van der Waals surface area contributed by atoms with Crippen LogP contribution in [0.15, 0.2) is 0 Å². The van der Waals surface area contributed by atoms with Crippen LogP contribution in [0.3, 0.4) is 0 Å². The Labute approximate surface area is 99.3 Å². The molecule has 0 amide bonds. The molecule has 3 nitrogen and oxygen atoms in total. The maximum atomic E-state index is 5.93. The molecule has 2 aliphatic rings. The lowest BCUT2D eigenvalue weighted by atomic mass is 10.2. The van der Waals surface area contributed by atoms with Crippen LogP contribution in [0.1, 0.15) is 45.4 Å². The zero-order valence-electron chi connectivity index (χ0n) is 10.5. The van der Waals surface area contributed by atoms with Crippen LogP contribution in [-0.4, -0.2) is 42.8 Å². The van der Waals surface area contributed by atoms with Crippen LogP contribution in [0, 0.1) is 0 Å². The van der Waals surface area contributed by atoms with E-state index in [1.807, 2.05) is 0 Å². The number of nitrogens with two attached hydrogens (primary N) is 1. The zero-order valence-corrected chi connectivity index (χ0v) is 10.5. The second-order valence-corrected chi connectivity index (χ2v) is 5.27. The summed E-state index contributed by atoms with van der Waals surface area (Å²) in [6.07, 6.45) is 8.56. The van der Waals surface area contributed by atoms with E-state index in [1.54, 1.807) is 0 Å². The molecule has 94 valence electrons. The van der Waals surface area contributed by atoms with Crippen LogP contribution in [0.2, 0.25) is 0 Å². The van der Waals surface area contributed by atoms with Gasteiger partial charge in [0.25, 0.3) is 0 Å². The third-order valence-corrected chi connectivity index (χ3v) is 3.76. The van der Waals surface area contributed by atoms with Gasteiger partial charge in [0.05, 0.1) is 12.2 Å². The molecule has 2 N–H and O–H groups in total. The molecule has 2 rings (SSSR count). The van der Waals surface area contributed by atoms with Gasteiger partial charge < -0.3 is 10.5 Å². The van der Waals surface area contributed by atoms with Gasteiger partial charge in [0.1, 0.15) is 0 Å². The SMILES string of the molecule is CCCCN(CC1CCC(CN)O1)C1CC1. The van der Waals surface area contributed by atoms with E-state index in [0.717, 1.165) is 19.0 Å². The van der Waals surface area contributed by atoms with Gasteiger partial charge in [0.15, 0.2) is 0 Å². The average molecular weight is 226 g/mol. The molecular weight excluding hydrogens is 200 g/mol. The fraction of sp³-hybridized carbons (Fsp3) is 1.00. The van der Waals surface area contributed by atoms with Crippen LogP contribution in [-0.2, 0) is 4.74 Å². The molecule has 3 heteroatoms. The minimum absolute atomic E-state index is 0.331. The van der Waals surface area contributed by atoms with Crippen molar-refractivity contribution in [3.05, 3.63) is 0 Å². The van der Waals surface area contributed by atoms with Crippen LogP contribution in [0.4, 0.5) is 0 Å². The Morgan fingerprint density at radius 3 is 2.50 bits per heavy atom. The number of rotatable bonds is 7. The molecular formula is C13H26N2O. The van der Waals surface area contributed by atoms with E-state index in [2.05, 4.69) is 11.8 Å². The first-order valence-electron chi connectivity index (χ1n) is 6.93. The third-order valence-electron chi connectivity index (χ3n) is 3.76. The Kier molecular flexibility index (Phi) is 4.62. The average Bonchev–Trinajstić information content (AvgIpc) is 3.05. The highest BCUT2D eigenvalue weighted by Crippen LogP contribution is 2.29. The van der Waals surface area contributed by atoms with Gasteiger partial charge in [-0.1, -0.05) is 13.3 Å². The summed E-state index contributed by atoms with van der Waals surface area (Å²) in [5, 5.41) is 0. The topological polar surface area (TPSA) is 38.5 Å². The van der Waals surface area contributed by atoms with Gasteiger partial charge in [-0.2, -0.15) is 0 Å². The van der Waals surface area contributed by atoms with Crippen molar-refractivity contribution in [2.45, 2.75) is 63.7 Å². The van der Waals surface area contributed by atoms with Crippen LogP contribution >= 0.6 is 0 Å². The first-order valence-corrected chi connectivity index (χ1v) is 6.93. The fourth-order valence-electron chi connectivity index (χ4n) is 2.57. The highest BCUT2D eigenvalue weighted by molar-refractivity contribution is 4.87. The molecule has 1 heterocycles. The fourth-order valence-corrected chi connectivity index (χ4v) is 2.57. The highest BCUT2D eigenvalue weighted by atomic mass is 16.5. The minimum atomic E-state index is 0.331. The number of nitrogens with zero attached hydrogens (tertiary/aromatic N) is 1. The van der Waals surface area contributed by atoms with Crippen molar-refractivity contribution >= 4 is 0 Å². The first-order chi connectivity index (χ1) is 7.83. The first kappa shape index (κ1) is 12.3. The van der Waals surface area contributed by atoms with E-state index in [1.165, 1.54) is 38.6 Å². The zero-order chi connectivity index (χ0) is 11.4. The number of hydrogen-bond acceptors (Lipinski definition) is 3. The van der Waals surface area contributed by atoms with Crippen molar-refractivity contribution in [1.29, 1.82) is 0 Å². The second-order valence-electron chi connectivity index (χ2n) is 5.27. The van der Waals surface area contributed by atoms with Crippen LogP contribution in [0.25, 0.3) is 0 Å². The van der Waals surface area contributed by atoms with Gasteiger partial charge in [-0.3, -0.25) is 4.90 Å². The Bertz CT molecular complexity index is 206. The van der Waals surface area contributed by atoms with Gasteiger partial charge in [-0.15, -0.1) is 0 Å². The second kappa shape index (κ2) is 5.99. The van der Waals surface area contributed by atoms with Crippen molar-refractivity contribution in [1.82, 2.24) is 4.90 Å². The molecule has 0 aromatic rings. The molecule has 16 heavy (non-hydrogen) atoms. The minimum Gasteiger partial charge on any atom is -0.372 e. The third kappa shape index (κ3) is 3.44. The molecule has 0 bridgehead atoms. The quantitative estimate of drug-likeness (QED) is 0.719. The van der Waals surface area contributed by atoms with E-state index >= 15 is 0 Å². The summed E-state index contributed by atoms with van der Waals surface area (Å²) in [6, 6.07) is 0.868. The Hall–Kier alpha value is -0.120. The largest absolute Gasteiger partial charge is 0.372 e. The normalized spacial score (nSPS) is 30.2.